The molecule has 1 heterocycles. The molecule has 2 rings (SSSR count). The maximum absolute atomic E-state index is 12.0. The third-order valence-electron chi connectivity index (χ3n) is 3.30. The highest BCUT2D eigenvalue weighted by Crippen LogP contribution is 2.35. The molecule has 0 radical (unpaired) electrons. The number of thioether (sulfide) groups is 1. The molecule has 2 atom stereocenters. The molecule has 98 valence electrons. The first kappa shape index (κ1) is 13.4. The fourth-order valence-electron chi connectivity index (χ4n) is 2.06. The number of hydrogen-bond donors (Lipinski definition) is 2. The normalized spacial score (nSPS) is 20.3. The molecule has 4 heteroatoms. The molecule has 0 fully saturated rings. The Kier molecular flexibility index (Phi) is 4.30. The topological polar surface area (TPSA) is 55.1 Å². The van der Waals surface area contributed by atoms with Crippen molar-refractivity contribution in [2.45, 2.75) is 37.2 Å². The van der Waals surface area contributed by atoms with E-state index < -0.39 is 6.04 Å². The third-order valence-corrected chi connectivity index (χ3v) is 4.42. The number of rotatable bonds is 3. The lowest BCUT2D eigenvalue weighted by atomic mass is 10.0. The van der Waals surface area contributed by atoms with Crippen molar-refractivity contribution in [3.05, 3.63) is 29.8 Å². The standard InChI is InChI=1S/C14H20N2OS/c1-9(2)13(15)14(17)16-11-7-8-18-12-6-4-3-5-10(11)12/h3-6,9,11,13H,7-8,15H2,1-2H3,(H,16,17)/t11?,13-/m1/s1. The number of fused-ring (bicyclic) bond motifs is 1. The van der Waals surface area contributed by atoms with Gasteiger partial charge in [0.05, 0.1) is 12.1 Å². The van der Waals surface area contributed by atoms with Crippen molar-refractivity contribution in [1.29, 1.82) is 0 Å². The maximum Gasteiger partial charge on any atom is 0.237 e. The summed E-state index contributed by atoms with van der Waals surface area (Å²) in [5, 5.41) is 3.08. The summed E-state index contributed by atoms with van der Waals surface area (Å²) >= 11 is 1.85. The summed E-state index contributed by atoms with van der Waals surface area (Å²) in [6.07, 6.45) is 0.970. The predicted molar refractivity (Wildman–Crippen MR) is 75.5 cm³/mol. The van der Waals surface area contributed by atoms with Crippen LogP contribution in [0.4, 0.5) is 0 Å². The lowest BCUT2D eigenvalue weighted by Crippen LogP contribution is -2.45. The summed E-state index contributed by atoms with van der Waals surface area (Å²) in [5.41, 5.74) is 7.10. The van der Waals surface area contributed by atoms with Crippen LogP contribution in [0, 0.1) is 5.92 Å². The van der Waals surface area contributed by atoms with Crippen LogP contribution in [0.2, 0.25) is 0 Å². The molecule has 0 spiro atoms. The first-order chi connectivity index (χ1) is 8.59. The van der Waals surface area contributed by atoms with Gasteiger partial charge >= 0.3 is 0 Å². The molecule has 1 aromatic rings. The Bertz CT molecular complexity index is 434. The van der Waals surface area contributed by atoms with Crippen LogP contribution in [0.15, 0.2) is 29.2 Å². The smallest absolute Gasteiger partial charge is 0.237 e. The van der Waals surface area contributed by atoms with E-state index in [9.17, 15) is 4.79 Å². The number of hydrogen-bond acceptors (Lipinski definition) is 3. The third kappa shape index (κ3) is 2.87. The van der Waals surface area contributed by atoms with Crippen molar-refractivity contribution in [1.82, 2.24) is 5.32 Å². The highest BCUT2D eigenvalue weighted by molar-refractivity contribution is 7.99. The van der Waals surface area contributed by atoms with E-state index in [1.165, 1.54) is 10.5 Å². The van der Waals surface area contributed by atoms with Gasteiger partial charge in [0.25, 0.3) is 0 Å². The molecular weight excluding hydrogens is 244 g/mol. The minimum atomic E-state index is -0.424. The van der Waals surface area contributed by atoms with Crippen molar-refractivity contribution in [3.63, 3.8) is 0 Å². The Labute approximate surface area is 113 Å². The second-order valence-electron chi connectivity index (χ2n) is 5.01. The first-order valence-electron chi connectivity index (χ1n) is 6.37. The Morgan fingerprint density at radius 2 is 2.17 bits per heavy atom. The van der Waals surface area contributed by atoms with Gasteiger partial charge in [-0.3, -0.25) is 4.79 Å². The number of nitrogens with one attached hydrogen (secondary N) is 1. The van der Waals surface area contributed by atoms with Gasteiger partial charge < -0.3 is 11.1 Å². The summed E-state index contributed by atoms with van der Waals surface area (Å²) in [5.74, 6) is 1.16. The molecule has 0 bridgehead atoms. The van der Waals surface area contributed by atoms with Crippen LogP contribution >= 0.6 is 11.8 Å². The Morgan fingerprint density at radius 1 is 1.44 bits per heavy atom. The van der Waals surface area contributed by atoms with Gasteiger partial charge in [0.2, 0.25) is 5.91 Å². The summed E-state index contributed by atoms with van der Waals surface area (Å²) in [6.45, 7) is 3.93. The zero-order valence-electron chi connectivity index (χ0n) is 10.8. The fraction of sp³-hybridized carbons (Fsp3) is 0.500. The van der Waals surface area contributed by atoms with Gasteiger partial charge in [-0.25, -0.2) is 0 Å². The van der Waals surface area contributed by atoms with Crippen LogP contribution in [-0.4, -0.2) is 17.7 Å². The monoisotopic (exact) mass is 264 g/mol. The van der Waals surface area contributed by atoms with Crippen molar-refractivity contribution < 1.29 is 4.79 Å². The molecule has 3 nitrogen and oxygen atoms in total. The molecule has 1 aliphatic heterocycles. The van der Waals surface area contributed by atoms with E-state index in [1.807, 2.05) is 37.7 Å². The molecule has 1 unspecified atom stereocenters. The van der Waals surface area contributed by atoms with E-state index in [0.29, 0.717) is 0 Å². The van der Waals surface area contributed by atoms with Gasteiger partial charge in [-0.05, 0) is 24.0 Å². The average Bonchev–Trinajstić information content (AvgIpc) is 2.38. The second-order valence-corrected chi connectivity index (χ2v) is 6.14. The highest BCUT2D eigenvalue weighted by Gasteiger charge is 2.25. The molecule has 3 N–H and O–H groups in total. The zero-order chi connectivity index (χ0) is 13.1. The fourth-order valence-corrected chi connectivity index (χ4v) is 3.19. The molecule has 1 amide bonds. The van der Waals surface area contributed by atoms with Gasteiger partial charge in [0.1, 0.15) is 0 Å². The molecule has 1 aliphatic rings. The summed E-state index contributed by atoms with van der Waals surface area (Å²) in [7, 11) is 0. The van der Waals surface area contributed by atoms with Gasteiger partial charge in [-0.15, -0.1) is 11.8 Å². The summed E-state index contributed by atoms with van der Waals surface area (Å²) in [4.78, 5) is 13.3. The summed E-state index contributed by atoms with van der Waals surface area (Å²) in [6, 6.07) is 7.95. The highest BCUT2D eigenvalue weighted by atomic mass is 32.2. The first-order valence-corrected chi connectivity index (χ1v) is 7.36. The molecule has 0 saturated heterocycles. The molecule has 0 aliphatic carbocycles. The number of benzene rings is 1. The van der Waals surface area contributed by atoms with Crippen molar-refractivity contribution in [2.75, 3.05) is 5.75 Å². The van der Waals surface area contributed by atoms with Crippen LogP contribution in [0.3, 0.4) is 0 Å². The number of carbonyl (C=O) groups is 1. The van der Waals surface area contributed by atoms with Gasteiger partial charge in [0, 0.05) is 10.6 Å². The Morgan fingerprint density at radius 3 is 2.89 bits per heavy atom. The Hall–Kier alpha value is -1.00. The van der Waals surface area contributed by atoms with Gasteiger partial charge in [-0.1, -0.05) is 32.0 Å². The van der Waals surface area contributed by atoms with E-state index >= 15 is 0 Å². The van der Waals surface area contributed by atoms with E-state index in [-0.39, 0.29) is 17.9 Å². The molecule has 1 aromatic carbocycles. The predicted octanol–water partition coefficient (Wildman–Crippen LogP) is 2.32. The van der Waals surface area contributed by atoms with Crippen molar-refractivity contribution in [2.24, 2.45) is 11.7 Å². The van der Waals surface area contributed by atoms with Gasteiger partial charge in [-0.2, -0.15) is 0 Å². The number of nitrogens with two attached hydrogens (primary N) is 1. The van der Waals surface area contributed by atoms with Crippen molar-refractivity contribution >= 4 is 17.7 Å². The van der Waals surface area contributed by atoms with Crippen LogP contribution in [0.25, 0.3) is 0 Å². The number of amides is 1. The number of carbonyl (C=O) groups excluding carboxylic acids is 1. The van der Waals surface area contributed by atoms with Crippen LogP contribution in [0.5, 0.6) is 0 Å². The lowest BCUT2D eigenvalue weighted by Gasteiger charge is -2.27. The summed E-state index contributed by atoms with van der Waals surface area (Å²) < 4.78 is 0. The van der Waals surface area contributed by atoms with E-state index in [0.717, 1.165) is 12.2 Å². The van der Waals surface area contributed by atoms with Crippen molar-refractivity contribution in [3.8, 4) is 0 Å². The van der Waals surface area contributed by atoms with Gasteiger partial charge in [0.15, 0.2) is 0 Å². The van der Waals surface area contributed by atoms with Crippen LogP contribution in [0.1, 0.15) is 31.9 Å². The molecule has 0 saturated carbocycles. The van der Waals surface area contributed by atoms with Crippen LogP contribution < -0.4 is 11.1 Å². The maximum atomic E-state index is 12.0. The second kappa shape index (κ2) is 5.76. The molecule has 18 heavy (non-hydrogen) atoms. The Balaban J connectivity index is 2.10. The molecule has 0 aromatic heterocycles. The van der Waals surface area contributed by atoms with Crippen LogP contribution in [-0.2, 0) is 4.79 Å². The van der Waals surface area contributed by atoms with E-state index in [1.54, 1.807) is 0 Å². The quantitative estimate of drug-likeness (QED) is 0.881. The minimum Gasteiger partial charge on any atom is -0.348 e. The minimum absolute atomic E-state index is 0.0447. The zero-order valence-corrected chi connectivity index (χ0v) is 11.7. The SMILES string of the molecule is CC(C)[C@@H](N)C(=O)NC1CCSc2ccccc21. The lowest BCUT2D eigenvalue weighted by molar-refractivity contribution is -0.124. The van der Waals surface area contributed by atoms with E-state index in [2.05, 4.69) is 17.4 Å². The largest absolute Gasteiger partial charge is 0.348 e. The molecular formula is C14H20N2OS. The average molecular weight is 264 g/mol. The van der Waals surface area contributed by atoms with E-state index in [4.69, 9.17) is 5.73 Å².